The zero-order valence-corrected chi connectivity index (χ0v) is 10.4. The van der Waals surface area contributed by atoms with Crippen molar-refractivity contribution in [3.8, 4) is 0 Å². The highest BCUT2D eigenvalue weighted by molar-refractivity contribution is 6.19. The van der Waals surface area contributed by atoms with Crippen LogP contribution in [0.4, 0.5) is 0 Å². The summed E-state index contributed by atoms with van der Waals surface area (Å²) in [5.74, 6) is 0. The smallest absolute Gasteiger partial charge is 0.0779 e. The van der Waals surface area contributed by atoms with Crippen LogP contribution in [-0.2, 0) is 14.1 Å². The zero-order chi connectivity index (χ0) is 12.3. The van der Waals surface area contributed by atoms with Gasteiger partial charge in [0.15, 0.2) is 0 Å². The first-order valence-electron chi connectivity index (χ1n) is 6.05. The third-order valence-corrected chi connectivity index (χ3v) is 3.78. The van der Waals surface area contributed by atoms with E-state index in [1.807, 2.05) is 17.9 Å². The van der Waals surface area contributed by atoms with E-state index in [1.165, 1.54) is 32.7 Å². The molecule has 0 amide bonds. The highest BCUT2D eigenvalue weighted by Gasteiger charge is 2.12. The van der Waals surface area contributed by atoms with E-state index in [4.69, 9.17) is 0 Å². The Morgan fingerprint density at radius 3 is 2.67 bits per heavy atom. The summed E-state index contributed by atoms with van der Waals surface area (Å²) in [5.41, 5.74) is 3.73. The van der Waals surface area contributed by atoms with Gasteiger partial charge < -0.3 is 4.57 Å². The Balaban J connectivity index is 2.45. The number of nitrogens with zero attached hydrogens (tertiary/aromatic N) is 3. The van der Waals surface area contributed by atoms with E-state index >= 15 is 0 Å². The van der Waals surface area contributed by atoms with Gasteiger partial charge in [-0.3, -0.25) is 4.68 Å². The minimum Gasteiger partial charge on any atom is -0.344 e. The molecule has 4 aromatic rings. The van der Waals surface area contributed by atoms with Gasteiger partial charge in [-0.05, 0) is 18.2 Å². The highest BCUT2D eigenvalue weighted by Crippen LogP contribution is 2.33. The van der Waals surface area contributed by atoms with Crippen LogP contribution < -0.4 is 0 Å². The summed E-state index contributed by atoms with van der Waals surface area (Å²) in [6.07, 6.45) is 1.93. The molecule has 3 heteroatoms. The number of para-hydroxylation sites is 1. The SMILES string of the molecule is Cn1ncc2ccc3c(c4ccccc4n3C)c21. The van der Waals surface area contributed by atoms with Gasteiger partial charge in [-0.1, -0.05) is 18.2 Å². The first-order chi connectivity index (χ1) is 8.77. The second-order valence-electron chi connectivity index (χ2n) is 4.74. The van der Waals surface area contributed by atoms with Crippen molar-refractivity contribution >= 4 is 32.7 Å². The second kappa shape index (κ2) is 3.13. The number of fused-ring (bicyclic) bond motifs is 5. The molecular formula is C15H13N3. The fraction of sp³-hybridized carbons (Fsp3) is 0.133. The Labute approximate surface area is 104 Å². The molecule has 2 aromatic heterocycles. The van der Waals surface area contributed by atoms with Crippen molar-refractivity contribution in [2.24, 2.45) is 14.1 Å². The number of aromatic nitrogens is 3. The molecule has 88 valence electrons. The molecule has 3 nitrogen and oxygen atoms in total. The Morgan fingerprint density at radius 2 is 1.78 bits per heavy atom. The topological polar surface area (TPSA) is 22.8 Å². The molecule has 0 fully saturated rings. The van der Waals surface area contributed by atoms with Crippen LogP contribution in [0.25, 0.3) is 32.7 Å². The van der Waals surface area contributed by atoms with E-state index < -0.39 is 0 Å². The van der Waals surface area contributed by atoms with E-state index in [-0.39, 0.29) is 0 Å². The molecule has 0 saturated carbocycles. The predicted octanol–water partition coefficient (Wildman–Crippen LogP) is 3.22. The summed E-state index contributed by atoms with van der Waals surface area (Å²) in [6.45, 7) is 0. The van der Waals surface area contributed by atoms with Gasteiger partial charge in [0, 0.05) is 35.8 Å². The molecule has 4 rings (SSSR count). The van der Waals surface area contributed by atoms with Crippen molar-refractivity contribution < 1.29 is 0 Å². The van der Waals surface area contributed by atoms with Gasteiger partial charge in [-0.25, -0.2) is 0 Å². The fourth-order valence-electron chi connectivity index (χ4n) is 2.91. The van der Waals surface area contributed by atoms with E-state index in [0.717, 1.165) is 0 Å². The molecule has 2 heterocycles. The maximum atomic E-state index is 4.37. The van der Waals surface area contributed by atoms with Crippen LogP contribution >= 0.6 is 0 Å². The normalized spacial score (nSPS) is 11.9. The minimum absolute atomic E-state index is 1.20. The van der Waals surface area contributed by atoms with Crippen LogP contribution in [0.3, 0.4) is 0 Å². The third kappa shape index (κ3) is 1.02. The van der Waals surface area contributed by atoms with Crippen molar-refractivity contribution in [3.05, 3.63) is 42.6 Å². The van der Waals surface area contributed by atoms with Crippen molar-refractivity contribution in [2.75, 3.05) is 0 Å². The van der Waals surface area contributed by atoms with Crippen LogP contribution in [-0.4, -0.2) is 14.3 Å². The quantitative estimate of drug-likeness (QED) is 0.459. The molecule has 0 bridgehead atoms. The molecule has 0 spiro atoms. The monoisotopic (exact) mass is 235 g/mol. The Kier molecular flexibility index (Phi) is 1.69. The summed E-state index contributed by atoms with van der Waals surface area (Å²) >= 11 is 0. The molecule has 0 aliphatic rings. The summed E-state index contributed by atoms with van der Waals surface area (Å²) in [4.78, 5) is 0. The molecular weight excluding hydrogens is 222 g/mol. The average Bonchev–Trinajstić information content (AvgIpc) is 2.91. The molecule has 0 unspecified atom stereocenters. The molecule has 0 N–H and O–H groups in total. The average molecular weight is 235 g/mol. The lowest BCUT2D eigenvalue weighted by Crippen LogP contribution is -1.90. The largest absolute Gasteiger partial charge is 0.344 e. The summed E-state index contributed by atoms with van der Waals surface area (Å²) < 4.78 is 4.21. The van der Waals surface area contributed by atoms with Crippen molar-refractivity contribution in [2.45, 2.75) is 0 Å². The van der Waals surface area contributed by atoms with Crippen LogP contribution in [0.15, 0.2) is 42.6 Å². The fourth-order valence-corrected chi connectivity index (χ4v) is 2.91. The van der Waals surface area contributed by atoms with E-state index in [2.05, 4.69) is 53.1 Å². The van der Waals surface area contributed by atoms with Gasteiger partial charge in [0.1, 0.15) is 0 Å². The molecule has 0 saturated heterocycles. The van der Waals surface area contributed by atoms with Crippen molar-refractivity contribution in [1.82, 2.24) is 14.3 Å². The van der Waals surface area contributed by atoms with Crippen LogP contribution in [0.2, 0.25) is 0 Å². The zero-order valence-electron chi connectivity index (χ0n) is 10.4. The number of aryl methyl sites for hydroxylation is 2. The lowest BCUT2D eigenvalue weighted by Gasteiger charge is -1.99. The maximum absolute atomic E-state index is 4.37. The molecule has 0 aliphatic heterocycles. The van der Waals surface area contributed by atoms with Crippen molar-refractivity contribution in [1.29, 1.82) is 0 Å². The summed E-state index contributed by atoms with van der Waals surface area (Å²) in [5, 5.41) is 8.16. The number of benzene rings is 2. The van der Waals surface area contributed by atoms with Crippen molar-refractivity contribution in [3.63, 3.8) is 0 Å². The van der Waals surface area contributed by atoms with E-state index in [0.29, 0.717) is 0 Å². The standard InChI is InChI=1S/C15H13N3/c1-17-12-6-4-3-5-11(12)14-13(17)8-7-10-9-16-18(2)15(10)14/h3-9H,1-2H3. The predicted molar refractivity (Wildman–Crippen MR) is 74.7 cm³/mol. The van der Waals surface area contributed by atoms with Gasteiger partial charge in [0.25, 0.3) is 0 Å². The maximum Gasteiger partial charge on any atom is 0.0779 e. The number of hydrogen-bond acceptors (Lipinski definition) is 1. The Hall–Kier alpha value is -2.29. The van der Waals surface area contributed by atoms with Gasteiger partial charge >= 0.3 is 0 Å². The van der Waals surface area contributed by atoms with Gasteiger partial charge in [0.2, 0.25) is 0 Å². The lowest BCUT2D eigenvalue weighted by molar-refractivity contribution is 0.799. The van der Waals surface area contributed by atoms with Gasteiger partial charge in [-0.15, -0.1) is 0 Å². The van der Waals surface area contributed by atoms with Gasteiger partial charge in [0.05, 0.1) is 17.2 Å². The van der Waals surface area contributed by atoms with Crippen LogP contribution in [0.1, 0.15) is 0 Å². The van der Waals surface area contributed by atoms with Crippen LogP contribution in [0, 0.1) is 0 Å². The first kappa shape index (κ1) is 9.71. The highest BCUT2D eigenvalue weighted by atomic mass is 15.2. The third-order valence-electron chi connectivity index (χ3n) is 3.78. The molecule has 0 aliphatic carbocycles. The van der Waals surface area contributed by atoms with E-state index in [9.17, 15) is 0 Å². The van der Waals surface area contributed by atoms with Gasteiger partial charge in [-0.2, -0.15) is 5.10 Å². The molecule has 0 atom stereocenters. The Bertz CT molecular complexity index is 896. The number of hydrogen-bond donors (Lipinski definition) is 0. The summed E-state index contributed by atoms with van der Waals surface area (Å²) in [6, 6.07) is 12.9. The number of rotatable bonds is 0. The summed E-state index contributed by atoms with van der Waals surface area (Å²) in [7, 11) is 4.12. The molecule has 2 aromatic carbocycles. The lowest BCUT2D eigenvalue weighted by atomic mass is 10.1. The molecule has 0 radical (unpaired) electrons. The second-order valence-corrected chi connectivity index (χ2v) is 4.74. The van der Waals surface area contributed by atoms with Crippen LogP contribution in [0.5, 0.6) is 0 Å². The minimum atomic E-state index is 1.20. The first-order valence-corrected chi connectivity index (χ1v) is 6.05. The Morgan fingerprint density at radius 1 is 0.944 bits per heavy atom. The van der Waals surface area contributed by atoms with E-state index in [1.54, 1.807) is 0 Å². The molecule has 18 heavy (non-hydrogen) atoms.